The fourth-order valence-electron chi connectivity index (χ4n) is 1.53. The van der Waals surface area contributed by atoms with E-state index >= 15 is 0 Å². The first-order valence-electron chi connectivity index (χ1n) is 5.34. The molecule has 92 valence electrons. The van der Waals surface area contributed by atoms with Crippen molar-refractivity contribution in [2.75, 3.05) is 11.6 Å². The van der Waals surface area contributed by atoms with Crippen molar-refractivity contribution in [3.63, 3.8) is 0 Å². The molecule has 18 heavy (non-hydrogen) atoms. The van der Waals surface area contributed by atoms with Gasteiger partial charge in [0.15, 0.2) is 0 Å². The molecule has 1 N–H and O–H groups in total. The highest BCUT2D eigenvalue weighted by Crippen LogP contribution is 2.23. The average molecular weight is 260 g/mol. The number of nitro groups is 1. The first-order chi connectivity index (χ1) is 8.69. The summed E-state index contributed by atoms with van der Waals surface area (Å²) in [5.41, 5.74) is 1.90. The van der Waals surface area contributed by atoms with Crippen LogP contribution in [-0.2, 0) is 0 Å². The van der Waals surface area contributed by atoms with Crippen molar-refractivity contribution in [2.24, 2.45) is 0 Å². The summed E-state index contributed by atoms with van der Waals surface area (Å²) in [5, 5.41) is 13.7. The van der Waals surface area contributed by atoms with Crippen molar-refractivity contribution >= 4 is 28.8 Å². The zero-order valence-corrected chi connectivity index (χ0v) is 10.6. The van der Waals surface area contributed by atoms with Crippen LogP contribution in [0, 0.1) is 10.1 Å². The first-order valence-corrected chi connectivity index (χ1v) is 6.57. The van der Waals surface area contributed by atoms with Crippen LogP contribution >= 0.6 is 11.8 Å². The highest BCUT2D eigenvalue weighted by molar-refractivity contribution is 7.98. The Bertz CT molecular complexity index is 555. The van der Waals surface area contributed by atoms with Gasteiger partial charge in [0.25, 0.3) is 5.69 Å². The number of benzene rings is 2. The fraction of sp³-hybridized carbons (Fsp3) is 0.0769. The Morgan fingerprint density at radius 3 is 2.44 bits per heavy atom. The van der Waals surface area contributed by atoms with Gasteiger partial charge in [0.2, 0.25) is 0 Å². The Labute approximate surface area is 109 Å². The highest BCUT2D eigenvalue weighted by Gasteiger charge is 2.03. The fourth-order valence-corrected chi connectivity index (χ4v) is 1.99. The van der Waals surface area contributed by atoms with Crippen LogP contribution in [0.3, 0.4) is 0 Å². The Kier molecular flexibility index (Phi) is 3.84. The van der Waals surface area contributed by atoms with Gasteiger partial charge < -0.3 is 5.32 Å². The smallest absolute Gasteiger partial charge is 0.269 e. The second-order valence-electron chi connectivity index (χ2n) is 3.66. The van der Waals surface area contributed by atoms with Gasteiger partial charge >= 0.3 is 0 Å². The van der Waals surface area contributed by atoms with Gasteiger partial charge in [0.1, 0.15) is 0 Å². The predicted octanol–water partition coefficient (Wildman–Crippen LogP) is 4.06. The van der Waals surface area contributed by atoms with Crippen LogP contribution in [0.4, 0.5) is 17.1 Å². The second-order valence-corrected chi connectivity index (χ2v) is 4.54. The molecule has 0 heterocycles. The SMILES string of the molecule is CSc1cccc(Nc2ccc([N+](=O)[O-])cc2)c1. The van der Waals surface area contributed by atoms with Gasteiger partial charge in [0, 0.05) is 28.4 Å². The average Bonchev–Trinajstić information content (AvgIpc) is 2.39. The van der Waals surface area contributed by atoms with E-state index in [4.69, 9.17) is 0 Å². The minimum absolute atomic E-state index is 0.0958. The number of rotatable bonds is 4. The van der Waals surface area contributed by atoms with E-state index in [0.29, 0.717) is 0 Å². The maximum absolute atomic E-state index is 10.5. The zero-order chi connectivity index (χ0) is 13.0. The number of thioether (sulfide) groups is 1. The van der Waals surface area contributed by atoms with E-state index in [9.17, 15) is 10.1 Å². The summed E-state index contributed by atoms with van der Waals surface area (Å²) in [5.74, 6) is 0. The molecule has 0 spiro atoms. The molecule has 0 bridgehead atoms. The molecule has 5 heteroatoms. The third-order valence-corrected chi connectivity index (χ3v) is 3.16. The summed E-state index contributed by atoms with van der Waals surface area (Å²) >= 11 is 1.67. The number of nitro benzene ring substituents is 1. The maximum Gasteiger partial charge on any atom is 0.269 e. The summed E-state index contributed by atoms with van der Waals surface area (Å²) in [6.45, 7) is 0. The molecule has 0 saturated carbocycles. The van der Waals surface area contributed by atoms with Crippen molar-refractivity contribution in [1.82, 2.24) is 0 Å². The van der Waals surface area contributed by atoms with Gasteiger partial charge in [-0.05, 0) is 36.6 Å². The molecule has 0 amide bonds. The van der Waals surface area contributed by atoms with Crippen molar-refractivity contribution < 1.29 is 4.92 Å². The molecule has 4 nitrogen and oxygen atoms in total. The molecule has 2 aromatic carbocycles. The molecule has 0 aliphatic heterocycles. The number of hydrogen-bond acceptors (Lipinski definition) is 4. The molecule has 0 aliphatic carbocycles. The standard InChI is InChI=1S/C13H12N2O2S/c1-18-13-4-2-3-11(9-13)14-10-5-7-12(8-6-10)15(16)17/h2-9,14H,1H3. The Hall–Kier alpha value is -2.01. The first kappa shape index (κ1) is 12.4. The lowest BCUT2D eigenvalue weighted by molar-refractivity contribution is -0.384. The van der Waals surface area contributed by atoms with Gasteiger partial charge in [0.05, 0.1) is 4.92 Å². The van der Waals surface area contributed by atoms with Crippen molar-refractivity contribution in [1.29, 1.82) is 0 Å². The molecule has 0 aromatic heterocycles. The van der Waals surface area contributed by atoms with E-state index < -0.39 is 4.92 Å². The molecule has 0 unspecified atom stereocenters. The molecule has 2 rings (SSSR count). The quantitative estimate of drug-likeness (QED) is 0.511. The van der Waals surface area contributed by atoms with Crippen LogP contribution in [0.15, 0.2) is 53.4 Å². The topological polar surface area (TPSA) is 55.2 Å². The normalized spacial score (nSPS) is 10.1. The second kappa shape index (κ2) is 5.55. The van der Waals surface area contributed by atoms with Gasteiger partial charge in [-0.25, -0.2) is 0 Å². The zero-order valence-electron chi connectivity index (χ0n) is 9.79. The molecule has 0 atom stereocenters. The number of anilines is 2. The van der Waals surface area contributed by atoms with E-state index in [1.54, 1.807) is 23.9 Å². The van der Waals surface area contributed by atoms with E-state index in [-0.39, 0.29) is 5.69 Å². The van der Waals surface area contributed by atoms with Crippen molar-refractivity contribution in [3.05, 3.63) is 58.6 Å². The van der Waals surface area contributed by atoms with Crippen molar-refractivity contribution in [3.8, 4) is 0 Å². The van der Waals surface area contributed by atoms with Crippen LogP contribution in [-0.4, -0.2) is 11.2 Å². The molecule has 0 saturated heterocycles. The van der Waals surface area contributed by atoms with Crippen molar-refractivity contribution in [2.45, 2.75) is 4.90 Å². The summed E-state index contributed by atoms with van der Waals surface area (Å²) in [7, 11) is 0. The third kappa shape index (κ3) is 3.01. The van der Waals surface area contributed by atoms with Crippen LogP contribution in [0.2, 0.25) is 0 Å². The third-order valence-electron chi connectivity index (χ3n) is 2.44. The molecular formula is C13H12N2O2S. The largest absolute Gasteiger partial charge is 0.355 e. The van der Waals surface area contributed by atoms with Gasteiger partial charge in [-0.1, -0.05) is 6.07 Å². The van der Waals surface area contributed by atoms with Gasteiger partial charge in [-0.2, -0.15) is 0 Å². The summed E-state index contributed by atoms with van der Waals surface area (Å²) in [6, 6.07) is 14.4. The number of non-ortho nitro benzene ring substituents is 1. The number of hydrogen-bond donors (Lipinski definition) is 1. The lowest BCUT2D eigenvalue weighted by Gasteiger charge is -2.07. The Morgan fingerprint density at radius 1 is 1.11 bits per heavy atom. The van der Waals surface area contributed by atoms with E-state index in [2.05, 4.69) is 5.32 Å². The van der Waals surface area contributed by atoms with Crippen LogP contribution in [0.1, 0.15) is 0 Å². The molecular weight excluding hydrogens is 248 g/mol. The van der Waals surface area contributed by atoms with Crippen LogP contribution < -0.4 is 5.32 Å². The molecule has 0 radical (unpaired) electrons. The minimum Gasteiger partial charge on any atom is -0.355 e. The van der Waals surface area contributed by atoms with E-state index in [1.165, 1.54) is 17.0 Å². The van der Waals surface area contributed by atoms with Gasteiger partial charge in [-0.3, -0.25) is 10.1 Å². The lowest BCUT2D eigenvalue weighted by Crippen LogP contribution is -1.91. The molecule has 0 aliphatic rings. The lowest BCUT2D eigenvalue weighted by atomic mass is 10.2. The monoisotopic (exact) mass is 260 g/mol. The number of nitrogens with zero attached hydrogens (tertiary/aromatic N) is 1. The Balaban J connectivity index is 2.15. The van der Waals surface area contributed by atoms with E-state index in [0.717, 1.165) is 11.4 Å². The number of nitrogens with one attached hydrogen (secondary N) is 1. The van der Waals surface area contributed by atoms with Gasteiger partial charge in [-0.15, -0.1) is 11.8 Å². The summed E-state index contributed by atoms with van der Waals surface area (Å²) in [6.07, 6.45) is 2.02. The molecule has 0 fully saturated rings. The van der Waals surface area contributed by atoms with Crippen LogP contribution in [0.25, 0.3) is 0 Å². The Morgan fingerprint density at radius 2 is 1.83 bits per heavy atom. The van der Waals surface area contributed by atoms with Crippen LogP contribution in [0.5, 0.6) is 0 Å². The highest BCUT2D eigenvalue weighted by atomic mass is 32.2. The summed E-state index contributed by atoms with van der Waals surface area (Å²) < 4.78 is 0. The predicted molar refractivity (Wildman–Crippen MR) is 74.6 cm³/mol. The summed E-state index contributed by atoms with van der Waals surface area (Å²) in [4.78, 5) is 11.3. The minimum atomic E-state index is -0.405. The molecule has 2 aromatic rings. The maximum atomic E-state index is 10.5. The van der Waals surface area contributed by atoms with E-state index in [1.807, 2.05) is 30.5 Å².